The van der Waals surface area contributed by atoms with Crippen LogP contribution in [0.3, 0.4) is 0 Å². The number of benzene rings is 1. The molecule has 0 spiro atoms. The van der Waals surface area contributed by atoms with Crippen molar-refractivity contribution in [3.05, 3.63) is 35.4 Å². The van der Waals surface area contributed by atoms with E-state index >= 15 is 0 Å². The summed E-state index contributed by atoms with van der Waals surface area (Å²) >= 11 is 0. The molecular formula is C11H11F2N3O. The molecule has 1 heterocycles. The minimum Gasteiger partial charge on any atom is -0.338 e. The highest BCUT2D eigenvalue weighted by Gasteiger charge is 2.42. The van der Waals surface area contributed by atoms with Gasteiger partial charge in [-0.1, -0.05) is 6.07 Å². The highest BCUT2D eigenvalue weighted by molar-refractivity contribution is 6.09. The van der Waals surface area contributed by atoms with Gasteiger partial charge in [-0.15, -0.1) is 0 Å². The maximum atomic E-state index is 13.1. The van der Waals surface area contributed by atoms with E-state index < -0.39 is 17.2 Å². The summed E-state index contributed by atoms with van der Waals surface area (Å²) in [4.78, 5) is 15.6. The first kappa shape index (κ1) is 11.5. The summed E-state index contributed by atoms with van der Waals surface area (Å²) in [5, 5.41) is 5.34. The number of carbonyl (C=O) groups is 1. The Bertz CT molecular complexity index is 515. The molecule has 1 aromatic carbocycles. The van der Waals surface area contributed by atoms with E-state index in [1.165, 1.54) is 13.1 Å². The lowest BCUT2D eigenvalue weighted by Gasteiger charge is -2.21. The van der Waals surface area contributed by atoms with Crippen molar-refractivity contribution in [3.63, 3.8) is 0 Å². The van der Waals surface area contributed by atoms with Crippen LogP contribution in [0.1, 0.15) is 12.5 Å². The van der Waals surface area contributed by atoms with Gasteiger partial charge in [0.15, 0.2) is 17.6 Å². The van der Waals surface area contributed by atoms with Gasteiger partial charge in [0.05, 0.1) is 0 Å². The molecule has 1 fully saturated rings. The van der Waals surface area contributed by atoms with Gasteiger partial charge in [-0.3, -0.25) is 15.1 Å². The molecule has 1 atom stereocenters. The first-order valence-electron chi connectivity index (χ1n) is 4.99. The van der Waals surface area contributed by atoms with Crippen molar-refractivity contribution in [1.82, 2.24) is 10.6 Å². The molecule has 1 aromatic rings. The van der Waals surface area contributed by atoms with Crippen LogP contribution >= 0.6 is 0 Å². The van der Waals surface area contributed by atoms with Crippen molar-refractivity contribution in [1.29, 1.82) is 0 Å². The van der Waals surface area contributed by atoms with Gasteiger partial charge in [0, 0.05) is 7.05 Å². The van der Waals surface area contributed by atoms with E-state index in [1.807, 2.05) is 0 Å². The van der Waals surface area contributed by atoms with E-state index in [1.54, 1.807) is 6.92 Å². The lowest BCUT2D eigenvalue weighted by Crippen LogP contribution is -2.40. The molecule has 2 rings (SSSR count). The molecule has 0 bridgehead atoms. The van der Waals surface area contributed by atoms with Gasteiger partial charge in [0.1, 0.15) is 5.54 Å². The fourth-order valence-electron chi connectivity index (χ4n) is 1.68. The number of carbonyl (C=O) groups excluding carboxylic acids is 1. The van der Waals surface area contributed by atoms with Crippen molar-refractivity contribution >= 4 is 11.9 Å². The van der Waals surface area contributed by atoms with Gasteiger partial charge in [-0.05, 0) is 24.6 Å². The van der Waals surface area contributed by atoms with E-state index in [-0.39, 0.29) is 5.91 Å². The molecule has 1 aliphatic rings. The molecule has 4 nitrogen and oxygen atoms in total. The van der Waals surface area contributed by atoms with Crippen molar-refractivity contribution < 1.29 is 13.6 Å². The Morgan fingerprint density at radius 2 is 2.00 bits per heavy atom. The maximum absolute atomic E-state index is 13.1. The molecule has 0 aliphatic carbocycles. The number of guanidine groups is 1. The molecule has 90 valence electrons. The lowest BCUT2D eigenvalue weighted by molar-refractivity contribution is -0.123. The second-order valence-corrected chi connectivity index (χ2v) is 3.91. The van der Waals surface area contributed by atoms with Gasteiger partial charge in [0.2, 0.25) is 0 Å². The number of nitrogens with one attached hydrogen (secondary N) is 2. The Morgan fingerprint density at radius 1 is 1.29 bits per heavy atom. The molecule has 1 saturated heterocycles. The second kappa shape index (κ2) is 3.80. The monoisotopic (exact) mass is 239 g/mol. The van der Waals surface area contributed by atoms with Crippen molar-refractivity contribution in [3.8, 4) is 0 Å². The number of nitrogens with zero attached hydrogens (tertiary/aromatic N) is 1. The van der Waals surface area contributed by atoms with E-state index in [2.05, 4.69) is 15.6 Å². The van der Waals surface area contributed by atoms with E-state index in [0.717, 1.165) is 12.1 Å². The average molecular weight is 239 g/mol. The van der Waals surface area contributed by atoms with Crippen LogP contribution in [0.15, 0.2) is 23.2 Å². The maximum Gasteiger partial charge on any atom is 0.256 e. The fraction of sp³-hybridized carbons (Fsp3) is 0.273. The Balaban J connectivity index is 2.45. The van der Waals surface area contributed by atoms with Crippen LogP contribution < -0.4 is 10.6 Å². The summed E-state index contributed by atoms with van der Waals surface area (Å²) in [5.41, 5.74) is -0.795. The zero-order valence-corrected chi connectivity index (χ0v) is 9.34. The Labute approximate surface area is 96.7 Å². The predicted molar refractivity (Wildman–Crippen MR) is 58.3 cm³/mol. The molecular weight excluding hydrogens is 228 g/mol. The van der Waals surface area contributed by atoms with Gasteiger partial charge >= 0.3 is 0 Å². The number of hydrogen-bond acceptors (Lipinski definition) is 2. The topological polar surface area (TPSA) is 53.5 Å². The summed E-state index contributed by atoms with van der Waals surface area (Å²) in [6.45, 7) is 1.58. The van der Waals surface area contributed by atoms with Gasteiger partial charge in [-0.25, -0.2) is 8.78 Å². The smallest absolute Gasteiger partial charge is 0.256 e. The SMILES string of the molecule is CN=C1NC(=O)C(C)(c2ccc(F)c(F)c2)N1. The number of aliphatic imine (C=N–C) groups is 1. The molecule has 1 aliphatic heterocycles. The number of hydrogen-bond donors (Lipinski definition) is 2. The van der Waals surface area contributed by atoms with Crippen LogP contribution in [0.2, 0.25) is 0 Å². The first-order chi connectivity index (χ1) is 7.97. The van der Waals surface area contributed by atoms with Crippen molar-refractivity contribution in [2.45, 2.75) is 12.5 Å². The summed E-state index contributed by atoms with van der Waals surface area (Å²) in [7, 11) is 1.51. The predicted octanol–water partition coefficient (Wildman–Crippen LogP) is 0.885. The third-order valence-electron chi connectivity index (χ3n) is 2.78. The third kappa shape index (κ3) is 1.75. The minimum absolute atomic E-state index is 0.308. The van der Waals surface area contributed by atoms with Gasteiger partial charge < -0.3 is 5.32 Å². The molecule has 0 aromatic heterocycles. The zero-order valence-electron chi connectivity index (χ0n) is 9.34. The Kier molecular flexibility index (Phi) is 2.57. The zero-order chi connectivity index (χ0) is 12.6. The highest BCUT2D eigenvalue weighted by Crippen LogP contribution is 2.25. The molecule has 6 heteroatoms. The minimum atomic E-state index is -1.14. The summed E-state index contributed by atoms with van der Waals surface area (Å²) in [6.07, 6.45) is 0. The number of amides is 1. The van der Waals surface area contributed by atoms with Crippen LogP contribution in [-0.4, -0.2) is 18.9 Å². The quantitative estimate of drug-likeness (QED) is 0.764. The number of rotatable bonds is 1. The summed E-state index contributed by atoms with van der Waals surface area (Å²) in [5.74, 6) is -1.98. The Morgan fingerprint density at radius 3 is 2.53 bits per heavy atom. The molecule has 1 amide bonds. The Hall–Kier alpha value is -1.98. The highest BCUT2D eigenvalue weighted by atomic mass is 19.2. The molecule has 0 saturated carbocycles. The van der Waals surface area contributed by atoms with Crippen molar-refractivity contribution in [2.24, 2.45) is 4.99 Å². The molecule has 2 N–H and O–H groups in total. The molecule has 1 unspecified atom stereocenters. The normalized spacial score (nSPS) is 25.9. The number of halogens is 2. The molecule has 0 radical (unpaired) electrons. The van der Waals surface area contributed by atoms with Crippen LogP contribution in [0.25, 0.3) is 0 Å². The average Bonchev–Trinajstić information content (AvgIpc) is 2.60. The summed E-state index contributed by atoms with van der Waals surface area (Å²) < 4.78 is 26.0. The second-order valence-electron chi connectivity index (χ2n) is 3.91. The largest absolute Gasteiger partial charge is 0.338 e. The van der Waals surface area contributed by atoms with Gasteiger partial charge in [0.25, 0.3) is 5.91 Å². The van der Waals surface area contributed by atoms with Crippen LogP contribution in [0.5, 0.6) is 0 Å². The summed E-state index contributed by atoms with van der Waals surface area (Å²) in [6, 6.07) is 3.36. The van der Waals surface area contributed by atoms with Crippen LogP contribution in [0, 0.1) is 11.6 Å². The van der Waals surface area contributed by atoms with Crippen LogP contribution in [-0.2, 0) is 10.3 Å². The van der Waals surface area contributed by atoms with E-state index in [0.29, 0.717) is 11.5 Å². The first-order valence-corrected chi connectivity index (χ1v) is 4.99. The third-order valence-corrected chi connectivity index (χ3v) is 2.78. The van der Waals surface area contributed by atoms with E-state index in [9.17, 15) is 13.6 Å². The van der Waals surface area contributed by atoms with Crippen molar-refractivity contribution in [2.75, 3.05) is 7.05 Å². The van der Waals surface area contributed by atoms with Gasteiger partial charge in [-0.2, -0.15) is 0 Å². The van der Waals surface area contributed by atoms with Crippen LogP contribution in [0.4, 0.5) is 8.78 Å². The molecule has 17 heavy (non-hydrogen) atoms. The fourth-order valence-corrected chi connectivity index (χ4v) is 1.68. The lowest BCUT2D eigenvalue weighted by atomic mass is 9.92. The van der Waals surface area contributed by atoms with E-state index in [4.69, 9.17) is 0 Å². The standard InChI is InChI=1S/C11H11F2N3O/c1-11(9(17)15-10(14-2)16-11)6-3-4-7(12)8(13)5-6/h3-5H,1-2H3,(H2,14,15,16,17).